The quantitative estimate of drug-likeness (QED) is 0.633. The van der Waals surface area contributed by atoms with Crippen molar-refractivity contribution < 1.29 is 0 Å². The monoisotopic (exact) mass is 177 g/mol. The van der Waals surface area contributed by atoms with Gasteiger partial charge >= 0.3 is 0 Å². The maximum Gasteiger partial charge on any atom is 0.0688 e. The molecule has 1 aromatic rings. The highest BCUT2D eigenvalue weighted by Crippen LogP contribution is 2.05. The fraction of sp³-hybridized carbons (Fsp3) is 0.300. The first-order valence-electron chi connectivity index (χ1n) is 4.18. The van der Waals surface area contributed by atoms with Gasteiger partial charge in [0.25, 0.3) is 0 Å². The topological polar surface area (TPSA) is 12.9 Å². The third kappa shape index (κ3) is 3.48. The zero-order valence-corrected chi connectivity index (χ0v) is 8.91. The second-order valence-electron chi connectivity index (χ2n) is 3.95. The molecule has 0 N–H and O–H groups in total. The Morgan fingerprint density at radius 1 is 1.25 bits per heavy atom. The van der Waals surface area contributed by atoms with Crippen molar-refractivity contribution >= 4 is 14.1 Å². The van der Waals surface area contributed by atoms with E-state index in [1.807, 2.05) is 24.4 Å². The van der Waals surface area contributed by atoms with Crippen molar-refractivity contribution in [2.45, 2.75) is 19.6 Å². The van der Waals surface area contributed by atoms with Crippen LogP contribution in [0.2, 0.25) is 19.6 Å². The van der Waals surface area contributed by atoms with E-state index >= 15 is 0 Å². The summed E-state index contributed by atoms with van der Waals surface area (Å²) in [5.41, 5.74) is 3.36. The SMILES string of the molecule is C[Si](C)(C)C=Cc1ccccn1. The van der Waals surface area contributed by atoms with Gasteiger partial charge in [0.1, 0.15) is 0 Å². The minimum atomic E-state index is -1.06. The minimum absolute atomic E-state index is 1.06. The third-order valence-electron chi connectivity index (χ3n) is 1.44. The summed E-state index contributed by atoms with van der Waals surface area (Å²) in [7, 11) is -1.06. The third-order valence-corrected chi connectivity index (χ3v) is 2.61. The van der Waals surface area contributed by atoms with Crippen LogP contribution in [0.25, 0.3) is 6.08 Å². The lowest BCUT2D eigenvalue weighted by atomic mass is 10.3. The minimum Gasteiger partial charge on any atom is -0.257 e. The molecular formula is C10H15NSi. The van der Waals surface area contributed by atoms with Crippen LogP contribution in [0.5, 0.6) is 0 Å². The van der Waals surface area contributed by atoms with Gasteiger partial charge in [-0.05, 0) is 18.2 Å². The predicted octanol–water partition coefficient (Wildman–Crippen LogP) is 2.97. The summed E-state index contributed by atoms with van der Waals surface area (Å²) in [4.78, 5) is 4.22. The highest BCUT2D eigenvalue weighted by atomic mass is 28.3. The average molecular weight is 177 g/mol. The van der Waals surface area contributed by atoms with Gasteiger partial charge in [-0.2, -0.15) is 0 Å². The molecule has 1 aromatic heterocycles. The molecule has 0 atom stereocenters. The van der Waals surface area contributed by atoms with Gasteiger partial charge in [-0.1, -0.05) is 31.4 Å². The maximum absolute atomic E-state index is 4.22. The largest absolute Gasteiger partial charge is 0.257 e. The molecule has 1 nitrogen and oxygen atoms in total. The second-order valence-corrected chi connectivity index (χ2v) is 9.02. The van der Waals surface area contributed by atoms with Gasteiger partial charge < -0.3 is 0 Å². The number of aromatic nitrogens is 1. The van der Waals surface area contributed by atoms with Crippen molar-refractivity contribution in [3.63, 3.8) is 0 Å². The van der Waals surface area contributed by atoms with Crippen LogP contribution in [0, 0.1) is 0 Å². The van der Waals surface area contributed by atoms with E-state index in [1.54, 1.807) is 0 Å². The Morgan fingerprint density at radius 3 is 2.50 bits per heavy atom. The van der Waals surface area contributed by atoms with E-state index < -0.39 is 8.07 Å². The van der Waals surface area contributed by atoms with Gasteiger partial charge in [-0.3, -0.25) is 4.98 Å². The molecule has 0 fully saturated rings. The Morgan fingerprint density at radius 2 is 2.00 bits per heavy atom. The highest BCUT2D eigenvalue weighted by molar-refractivity contribution is 6.81. The van der Waals surface area contributed by atoms with Gasteiger partial charge in [0.2, 0.25) is 0 Å². The van der Waals surface area contributed by atoms with E-state index in [1.165, 1.54) is 0 Å². The van der Waals surface area contributed by atoms with E-state index in [0.717, 1.165) is 5.69 Å². The van der Waals surface area contributed by atoms with E-state index in [-0.39, 0.29) is 0 Å². The van der Waals surface area contributed by atoms with Crippen molar-refractivity contribution in [2.75, 3.05) is 0 Å². The molecule has 0 aliphatic rings. The lowest BCUT2D eigenvalue weighted by Gasteiger charge is -2.07. The molecule has 0 spiro atoms. The zero-order chi connectivity index (χ0) is 9.03. The van der Waals surface area contributed by atoms with Crippen LogP contribution in [0.4, 0.5) is 0 Å². The second kappa shape index (κ2) is 3.67. The summed E-state index contributed by atoms with van der Waals surface area (Å²) >= 11 is 0. The van der Waals surface area contributed by atoms with Crippen LogP contribution in [0.1, 0.15) is 5.69 Å². The summed E-state index contributed by atoms with van der Waals surface area (Å²) in [6.07, 6.45) is 3.94. The molecular weight excluding hydrogens is 162 g/mol. The molecule has 1 rings (SSSR count). The van der Waals surface area contributed by atoms with E-state index in [9.17, 15) is 0 Å². The molecule has 2 heteroatoms. The Hall–Kier alpha value is -0.893. The predicted molar refractivity (Wildman–Crippen MR) is 56.6 cm³/mol. The van der Waals surface area contributed by atoms with Crippen molar-refractivity contribution in [3.05, 3.63) is 35.8 Å². The van der Waals surface area contributed by atoms with Crippen LogP contribution < -0.4 is 0 Å². The molecule has 0 saturated heterocycles. The van der Waals surface area contributed by atoms with Crippen molar-refractivity contribution in [2.24, 2.45) is 0 Å². The number of nitrogens with zero attached hydrogens (tertiary/aromatic N) is 1. The van der Waals surface area contributed by atoms with Gasteiger partial charge in [-0.25, -0.2) is 0 Å². The number of rotatable bonds is 2. The lowest BCUT2D eigenvalue weighted by molar-refractivity contribution is 1.30. The molecule has 64 valence electrons. The van der Waals surface area contributed by atoms with Crippen molar-refractivity contribution in [1.82, 2.24) is 4.98 Å². The first-order chi connectivity index (χ1) is 5.58. The molecule has 0 radical (unpaired) electrons. The van der Waals surface area contributed by atoms with Crippen LogP contribution in [0.15, 0.2) is 30.1 Å². The standard InChI is InChI=1S/C10H15NSi/c1-12(2,3)9-7-10-6-4-5-8-11-10/h4-9H,1-3H3. The molecule has 0 aromatic carbocycles. The first kappa shape index (κ1) is 9.20. The summed E-state index contributed by atoms with van der Waals surface area (Å²) < 4.78 is 0. The Bertz CT molecular complexity index is 259. The zero-order valence-electron chi connectivity index (χ0n) is 7.91. The Kier molecular flexibility index (Phi) is 2.81. The van der Waals surface area contributed by atoms with Crippen LogP contribution in [-0.4, -0.2) is 13.1 Å². The Labute approximate surface area is 75.2 Å². The van der Waals surface area contributed by atoms with Gasteiger partial charge in [0, 0.05) is 6.20 Å². The smallest absolute Gasteiger partial charge is 0.0688 e. The Balaban J connectivity index is 2.71. The number of pyridine rings is 1. The van der Waals surface area contributed by atoms with Gasteiger partial charge in [0.05, 0.1) is 13.8 Å². The number of hydrogen-bond acceptors (Lipinski definition) is 1. The molecule has 0 aliphatic carbocycles. The normalized spacial score (nSPS) is 12.2. The van der Waals surface area contributed by atoms with E-state index in [2.05, 4.69) is 36.4 Å². The van der Waals surface area contributed by atoms with Gasteiger partial charge in [0.15, 0.2) is 0 Å². The van der Waals surface area contributed by atoms with Crippen LogP contribution in [0.3, 0.4) is 0 Å². The lowest BCUT2D eigenvalue weighted by Crippen LogP contribution is -2.15. The summed E-state index contributed by atoms with van der Waals surface area (Å²) in [6, 6.07) is 5.97. The van der Waals surface area contributed by atoms with Crippen molar-refractivity contribution in [3.8, 4) is 0 Å². The van der Waals surface area contributed by atoms with Crippen molar-refractivity contribution in [1.29, 1.82) is 0 Å². The molecule has 0 bridgehead atoms. The molecule has 0 aliphatic heterocycles. The first-order valence-corrected chi connectivity index (χ1v) is 7.76. The van der Waals surface area contributed by atoms with E-state index in [0.29, 0.717) is 0 Å². The summed E-state index contributed by atoms with van der Waals surface area (Å²) in [5.74, 6) is 0. The molecule has 0 saturated carbocycles. The maximum atomic E-state index is 4.22. The molecule has 1 heterocycles. The highest BCUT2D eigenvalue weighted by Gasteiger charge is 2.06. The summed E-state index contributed by atoms with van der Waals surface area (Å²) in [5, 5.41) is 0. The molecule has 12 heavy (non-hydrogen) atoms. The van der Waals surface area contributed by atoms with Crippen LogP contribution >= 0.6 is 0 Å². The molecule has 0 amide bonds. The summed E-state index contributed by atoms with van der Waals surface area (Å²) in [6.45, 7) is 6.94. The fourth-order valence-electron chi connectivity index (χ4n) is 0.810. The fourth-order valence-corrected chi connectivity index (χ4v) is 1.48. The average Bonchev–Trinajstić information content (AvgIpc) is 2.02. The van der Waals surface area contributed by atoms with Gasteiger partial charge in [-0.15, -0.1) is 0 Å². The van der Waals surface area contributed by atoms with E-state index in [4.69, 9.17) is 0 Å². The molecule has 0 unspecified atom stereocenters. The van der Waals surface area contributed by atoms with Crippen LogP contribution in [-0.2, 0) is 0 Å². The number of hydrogen-bond donors (Lipinski definition) is 0.